The highest BCUT2D eigenvalue weighted by Gasteiger charge is 2.23. The van der Waals surface area contributed by atoms with E-state index in [1.165, 1.54) is 24.3 Å². The molecular weight excluding hydrogens is 391 g/mol. The van der Waals surface area contributed by atoms with Crippen molar-refractivity contribution in [2.24, 2.45) is 0 Å². The van der Waals surface area contributed by atoms with Crippen LogP contribution in [0.25, 0.3) is 0 Å². The highest BCUT2D eigenvalue weighted by Crippen LogP contribution is 2.24. The number of benzene rings is 2. The molecule has 2 aromatic rings. The molecule has 0 spiro atoms. The van der Waals surface area contributed by atoms with Crippen LogP contribution in [0, 0.1) is 12.7 Å². The fourth-order valence-corrected chi connectivity index (χ4v) is 4.30. The first-order chi connectivity index (χ1) is 12.8. The van der Waals surface area contributed by atoms with Crippen LogP contribution in [0.2, 0.25) is 5.02 Å². The van der Waals surface area contributed by atoms with Crippen molar-refractivity contribution < 1.29 is 17.6 Å². The number of nitrogens with one attached hydrogen (secondary N) is 1. The summed E-state index contributed by atoms with van der Waals surface area (Å²) < 4.78 is 41.0. The predicted octanol–water partition coefficient (Wildman–Crippen LogP) is 4.21. The van der Waals surface area contributed by atoms with Gasteiger partial charge in [-0.1, -0.05) is 17.7 Å². The van der Waals surface area contributed by atoms with Gasteiger partial charge in [-0.2, -0.15) is 0 Å². The van der Waals surface area contributed by atoms with Gasteiger partial charge in [-0.3, -0.25) is 9.52 Å². The van der Waals surface area contributed by atoms with Gasteiger partial charge in [-0.05, 0) is 62.1 Å². The van der Waals surface area contributed by atoms with E-state index in [9.17, 15) is 17.6 Å². The molecule has 1 N–H and O–H groups in total. The maximum absolute atomic E-state index is 13.3. The second-order valence-electron chi connectivity index (χ2n) is 6.56. The van der Waals surface area contributed by atoms with E-state index in [4.69, 9.17) is 11.6 Å². The average molecular weight is 411 g/mol. The van der Waals surface area contributed by atoms with E-state index in [1.54, 1.807) is 17.9 Å². The van der Waals surface area contributed by atoms with Crippen LogP contribution in [0.5, 0.6) is 0 Å². The third-order valence-electron chi connectivity index (χ3n) is 4.56. The summed E-state index contributed by atoms with van der Waals surface area (Å²) in [7, 11) is -3.95. The van der Waals surface area contributed by atoms with Crippen molar-refractivity contribution in [3.63, 3.8) is 0 Å². The molecule has 0 saturated carbocycles. The van der Waals surface area contributed by atoms with Crippen molar-refractivity contribution >= 4 is 33.2 Å². The van der Waals surface area contributed by atoms with Crippen molar-refractivity contribution in [3.8, 4) is 0 Å². The first kappa shape index (κ1) is 19.6. The zero-order valence-electron chi connectivity index (χ0n) is 14.8. The van der Waals surface area contributed by atoms with Crippen LogP contribution in [0.4, 0.5) is 10.1 Å². The van der Waals surface area contributed by atoms with Crippen molar-refractivity contribution in [1.82, 2.24) is 4.90 Å². The fourth-order valence-electron chi connectivity index (χ4n) is 3.04. The Morgan fingerprint density at radius 1 is 1.11 bits per heavy atom. The van der Waals surface area contributed by atoms with Gasteiger partial charge in [0.2, 0.25) is 0 Å². The van der Waals surface area contributed by atoms with Crippen LogP contribution in [-0.4, -0.2) is 32.3 Å². The first-order valence-electron chi connectivity index (χ1n) is 8.66. The maximum Gasteiger partial charge on any atom is 0.261 e. The molecule has 27 heavy (non-hydrogen) atoms. The lowest BCUT2D eigenvalue weighted by atomic mass is 10.1. The summed E-state index contributed by atoms with van der Waals surface area (Å²) in [4.78, 5) is 14.5. The Balaban J connectivity index is 1.89. The number of aryl methyl sites for hydroxylation is 1. The summed E-state index contributed by atoms with van der Waals surface area (Å²) in [5, 5.41) is -0.180. The molecular formula is C19H20ClFN2O3S. The lowest BCUT2D eigenvalue weighted by Gasteiger charge is -2.27. The molecule has 1 amide bonds. The highest BCUT2D eigenvalue weighted by molar-refractivity contribution is 7.92. The number of likely N-dealkylation sites (tertiary alicyclic amines) is 1. The largest absolute Gasteiger partial charge is 0.339 e. The standard InChI is InChI=1S/C19H20ClFN2O3S/c1-13-5-7-15(12-16(13)19(24)23-9-3-2-4-10-23)27(25,26)22-14-6-8-18(21)17(20)11-14/h5-8,11-12,22H,2-4,9-10H2,1H3. The Hall–Kier alpha value is -2.12. The number of halogens is 2. The number of carbonyl (C=O) groups excluding carboxylic acids is 1. The predicted molar refractivity (Wildman–Crippen MR) is 103 cm³/mol. The lowest BCUT2D eigenvalue weighted by molar-refractivity contribution is 0.0723. The molecule has 1 fully saturated rings. The number of sulfonamides is 1. The van der Waals surface area contributed by atoms with Gasteiger partial charge in [0.05, 0.1) is 15.6 Å². The number of carbonyl (C=O) groups is 1. The van der Waals surface area contributed by atoms with Gasteiger partial charge in [-0.15, -0.1) is 0 Å². The molecule has 1 saturated heterocycles. The minimum absolute atomic E-state index is 0.0334. The van der Waals surface area contributed by atoms with Crippen LogP contribution >= 0.6 is 11.6 Å². The number of rotatable bonds is 4. The van der Waals surface area contributed by atoms with E-state index in [2.05, 4.69) is 4.72 Å². The van der Waals surface area contributed by atoms with Gasteiger partial charge < -0.3 is 4.90 Å². The summed E-state index contributed by atoms with van der Waals surface area (Å²) >= 11 is 5.70. The first-order valence-corrected chi connectivity index (χ1v) is 10.5. The molecule has 5 nitrogen and oxygen atoms in total. The van der Waals surface area contributed by atoms with Gasteiger partial charge in [-0.25, -0.2) is 12.8 Å². The second-order valence-corrected chi connectivity index (χ2v) is 8.65. The Morgan fingerprint density at radius 2 is 1.81 bits per heavy atom. The van der Waals surface area contributed by atoms with E-state index >= 15 is 0 Å². The van der Waals surface area contributed by atoms with Crippen LogP contribution in [0.1, 0.15) is 35.2 Å². The summed E-state index contributed by atoms with van der Waals surface area (Å²) in [5.41, 5.74) is 1.23. The van der Waals surface area contributed by atoms with E-state index in [0.717, 1.165) is 25.3 Å². The number of anilines is 1. The van der Waals surface area contributed by atoms with Crippen molar-refractivity contribution in [2.75, 3.05) is 17.8 Å². The zero-order valence-corrected chi connectivity index (χ0v) is 16.4. The summed E-state index contributed by atoms with van der Waals surface area (Å²) in [6.45, 7) is 3.14. The molecule has 2 aromatic carbocycles. The quantitative estimate of drug-likeness (QED) is 0.820. The van der Waals surface area contributed by atoms with Gasteiger partial charge >= 0.3 is 0 Å². The van der Waals surface area contributed by atoms with Gasteiger partial charge in [0.1, 0.15) is 5.82 Å². The molecule has 3 rings (SSSR count). The lowest BCUT2D eigenvalue weighted by Crippen LogP contribution is -2.36. The zero-order chi connectivity index (χ0) is 19.6. The van der Waals surface area contributed by atoms with Crippen LogP contribution < -0.4 is 4.72 Å². The molecule has 0 radical (unpaired) electrons. The van der Waals surface area contributed by atoms with Crippen LogP contribution in [0.3, 0.4) is 0 Å². The van der Waals surface area contributed by atoms with Crippen LogP contribution in [0.15, 0.2) is 41.3 Å². The molecule has 1 heterocycles. The summed E-state index contributed by atoms with van der Waals surface area (Å²) in [6.07, 6.45) is 3.01. The third-order valence-corrected chi connectivity index (χ3v) is 6.23. The van der Waals surface area contributed by atoms with Crippen LogP contribution in [-0.2, 0) is 10.0 Å². The van der Waals surface area contributed by atoms with Crippen molar-refractivity contribution in [2.45, 2.75) is 31.1 Å². The van der Waals surface area contributed by atoms with Gasteiger partial charge in [0.25, 0.3) is 15.9 Å². The Bertz CT molecular complexity index is 973. The number of nitrogens with zero attached hydrogens (tertiary/aromatic N) is 1. The molecule has 0 atom stereocenters. The SMILES string of the molecule is Cc1ccc(S(=O)(=O)Nc2ccc(F)c(Cl)c2)cc1C(=O)N1CCCCC1. The number of hydrogen-bond acceptors (Lipinski definition) is 3. The minimum Gasteiger partial charge on any atom is -0.339 e. The second kappa shape index (κ2) is 7.86. The fraction of sp³-hybridized carbons (Fsp3) is 0.316. The topological polar surface area (TPSA) is 66.5 Å². The Labute approximate surface area is 163 Å². The summed E-state index contributed by atoms with van der Waals surface area (Å²) in [5.74, 6) is -0.793. The Kier molecular flexibility index (Phi) is 5.72. The molecule has 0 aromatic heterocycles. The molecule has 0 unspecified atom stereocenters. The number of amides is 1. The monoisotopic (exact) mass is 410 g/mol. The highest BCUT2D eigenvalue weighted by atomic mass is 35.5. The minimum atomic E-state index is -3.95. The molecule has 0 aliphatic carbocycles. The van der Waals surface area contributed by atoms with E-state index in [-0.39, 0.29) is 21.5 Å². The molecule has 0 bridgehead atoms. The normalized spacial score (nSPS) is 14.9. The number of hydrogen-bond donors (Lipinski definition) is 1. The van der Waals surface area contributed by atoms with Gasteiger partial charge in [0.15, 0.2) is 0 Å². The average Bonchev–Trinajstić information content (AvgIpc) is 2.65. The van der Waals surface area contributed by atoms with Crippen molar-refractivity contribution in [1.29, 1.82) is 0 Å². The maximum atomic E-state index is 13.3. The smallest absolute Gasteiger partial charge is 0.261 e. The Morgan fingerprint density at radius 3 is 2.48 bits per heavy atom. The third kappa shape index (κ3) is 4.42. The van der Waals surface area contributed by atoms with E-state index in [0.29, 0.717) is 24.2 Å². The van der Waals surface area contributed by atoms with E-state index < -0.39 is 15.8 Å². The van der Waals surface area contributed by atoms with E-state index in [1.807, 2.05) is 0 Å². The molecule has 8 heteroatoms. The van der Waals surface area contributed by atoms with Crippen molar-refractivity contribution in [3.05, 3.63) is 58.4 Å². The number of piperidine rings is 1. The van der Waals surface area contributed by atoms with Gasteiger partial charge in [0, 0.05) is 18.7 Å². The summed E-state index contributed by atoms with van der Waals surface area (Å²) in [6, 6.07) is 8.01. The molecule has 1 aliphatic heterocycles. The molecule has 1 aliphatic rings. The molecule has 144 valence electrons.